The molecule has 2 heterocycles. The quantitative estimate of drug-likeness (QED) is 0.306. The zero-order chi connectivity index (χ0) is 26.1. The van der Waals surface area contributed by atoms with E-state index >= 15 is 0 Å². The Morgan fingerprint density at radius 1 is 1.06 bits per heavy atom. The summed E-state index contributed by atoms with van der Waals surface area (Å²) in [5, 5.41) is 8.57. The molecule has 0 saturated carbocycles. The van der Waals surface area contributed by atoms with Crippen molar-refractivity contribution >= 4 is 33.4 Å². The maximum Gasteiger partial charge on any atom is 0.417 e. The first kappa shape index (κ1) is 25.3. The molecule has 0 fully saturated rings. The minimum absolute atomic E-state index is 0.139. The first-order valence-corrected chi connectivity index (χ1v) is 12.0. The Morgan fingerprint density at radius 3 is 2.25 bits per heavy atom. The van der Waals surface area contributed by atoms with Crippen LogP contribution >= 0.6 is 11.6 Å². The lowest BCUT2D eigenvalue weighted by atomic mass is 10.1. The fraction of sp³-hybridized carbons (Fsp3) is 0.0833. The van der Waals surface area contributed by atoms with E-state index in [9.17, 15) is 26.4 Å². The van der Waals surface area contributed by atoms with Gasteiger partial charge < -0.3 is 9.52 Å². The average Bonchev–Trinajstić information content (AvgIpc) is 3.37. The molecule has 0 amide bonds. The Balaban J connectivity index is 1.76. The van der Waals surface area contributed by atoms with Crippen molar-refractivity contribution in [2.75, 3.05) is 4.31 Å². The lowest BCUT2D eigenvalue weighted by Gasteiger charge is -2.25. The van der Waals surface area contributed by atoms with Crippen molar-refractivity contribution in [3.8, 4) is 11.3 Å². The van der Waals surface area contributed by atoms with Crippen LogP contribution in [-0.4, -0.2) is 24.5 Å². The molecule has 4 aromatic rings. The van der Waals surface area contributed by atoms with Gasteiger partial charge in [-0.25, -0.2) is 22.5 Å². The zero-order valence-corrected chi connectivity index (χ0v) is 19.7. The summed E-state index contributed by atoms with van der Waals surface area (Å²) in [5.41, 5.74) is -0.0659. The molecule has 7 nitrogen and oxygen atoms in total. The number of carboxylic acid groups (broad SMARTS) is 1. The first-order chi connectivity index (χ1) is 17.0. The minimum atomic E-state index is -4.73. The van der Waals surface area contributed by atoms with E-state index in [-0.39, 0.29) is 17.0 Å². The number of alkyl halides is 3. The molecule has 36 heavy (non-hydrogen) atoms. The average molecular weight is 537 g/mol. The third-order valence-corrected chi connectivity index (χ3v) is 7.19. The number of sulfonamides is 1. The smallest absolute Gasteiger partial charge is 0.417 e. The number of hydrogen-bond acceptors (Lipinski definition) is 5. The number of halogens is 4. The third-order valence-electron chi connectivity index (χ3n) is 5.16. The van der Waals surface area contributed by atoms with Crippen LogP contribution in [0.1, 0.15) is 21.5 Å². The number of carboxylic acids is 1. The minimum Gasteiger partial charge on any atom is -0.478 e. The summed E-state index contributed by atoms with van der Waals surface area (Å²) in [6.45, 7) is -0.320. The normalized spacial score (nSPS) is 11.9. The number of nitrogens with zero attached hydrogens (tertiary/aromatic N) is 2. The van der Waals surface area contributed by atoms with Gasteiger partial charge in [-0.15, -0.1) is 0 Å². The van der Waals surface area contributed by atoms with Gasteiger partial charge in [0.05, 0.1) is 33.9 Å². The molecule has 12 heteroatoms. The van der Waals surface area contributed by atoms with Crippen LogP contribution in [0.5, 0.6) is 0 Å². The largest absolute Gasteiger partial charge is 0.478 e. The number of furan rings is 1. The molecule has 2 aromatic carbocycles. The summed E-state index contributed by atoms with van der Waals surface area (Å²) in [6, 6.07) is 15.1. The second-order valence-electron chi connectivity index (χ2n) is 7.54. The van der Waals surface area contributed by atoms with Crippen LogP contribution in [-0.2, 0) is 22.7 Å². The highest BCUT2D eigenvalue weighted by Crippen LogP contribution is 2.36. The molecule has 2 aromatic heterocycles. The molecular weight excluding hydrogens is 521 g/mol. The molecule has 4 rings (SSSR count). The number of benzene rings is 2. The van der Waals surface area contributed by atoms with E-state index < -0.39 is 38.6 Å². The molecule has 0 spiro atoms. The van der Waals surface area contributed by atoms with E-state index in [2.05, 4.69) is 4.98 Å². The van der Waals surface area contributed by atoms with E-state index in [1.54, 1.807) is 36.4 Å². The van der Waals surface area contributed by atoms with Crippen molar-refractivity contribution < 1.29 is 35.9 Å². The van der Waals surface area contributed by atoms with Gasteiger partial charge in [0, 0.05) is 11.8 Å². The number of aromatic nitrogens is 1. The number of carbonyl (C=O) groups is 1. The Morgan fingerprint density at radius 2 is 1.72 bits per heavy atom. The van der Waals surface area contributed by atoms with Crippen LogP contribution in [0, 0.1) is 0 Å². The van der Waals surface area contributed by atoms with E-state index in [0.717, 1.165) is 34.1 Å². The molecule has 0 bridgehead atoms. The van der Waals surface area contributed by atoms with Crippen LogP contribution in [0.4, 0.5) is 19.0 Å². The van der Waals surface area contributed by atoms with E-state index in [1.165, 1.54) is 6.26 Å². The van der Waals surface area contributed by atoms with Gasteiger partial charge in [0.2, 0.25) is 0 Å². The van der Waals surface area contributed by atoms with Crippen molar-refractivity contribution in [3.05, 3.63) is 101 Å². The fourth-order valence-corrected chi connectivity index (χ4v) is 5.07. The summed E-state index contributed by atoms with van der Waals surface area (Å²) in [7, 11) is -4.43. The van der Waals surface area contributed by atoms with E-state index in [1.807, 2.05) is 0 Å². The van der Waals surface area contributed by atoms with Crippen LogP contribution in [0.3, 0.4) is 0 Å². The monoisotopic (exact) mass is 536 g/mol. The molecule has 0 saturated heterocycles. The van der Waals surface area contributed by atoms with Gasteiger partial charge in [-0.2, -0.15) is 13.2 Å². The molecule has 0 aliphatic rings. The summed E-state index contributed by atoms with van der Waals surface area (Å²) in [6.07, 6.45) is -2.73. The van der Waals surface area contributed by atoms with Crippen molar-refractivity contribution in [1.82, 2.24) is 4.98 Å². The molecule has 186 valence electrons. The van der Waals surface area contributed by atoms with Crippen LogP contribution in [0.15, 0.2) is 88.5 Å². The SMILES string of the molecule is O=C(O)c1ccc(S(=O)(=O)N(Cc2ccc(-c3ccco3)cc2)c2ncc(C(F)(F)F)cc2Cl)cc1. The number of hydrogen-bond donors (Lipinski definition) is 1. The predicted octanol–water partition coefficient (Wildman–Crippen LogP) is 6.11. The van der Waals surface area contributed by atoms with Crippen LogP contribution < -0.4 is 4.31 Å². The standard InChI is InChI=1S/C24H16ClF3N2O5S/c25-20-12-18(24(26,27)28)13-29-22(20)30(36(33,34)19-9-7-17(8-10-19)23(31)32)14-15-3-5-16(6-4-15)21-2-1-11-35-21/h1-13H,14H2,(H,31,32). The van der Waals surface area contributed by atoms with Crippen molar-refractivity contribution in [2.45, 2.75) is 17.6 Å². The summed E-state index contributed by atoms with van der Waals surface area (Å²) in [5.74, 6) is -1.07. The summed E-state index contributed by atoms with van der Waals surface area (Å²) < 4.78 is 72.6. The van der Waals surface area contributed by atoms with Crippen LogP contribution in [0.25, 0.3) is 11.3 Å². The van der Waals surface area contributed by atoms with Crippen molar-refractivity contribution in [2.24, 2.45) is 0 Å². The van der Waals surface area contributed by atoms with Crippen molar-refractivity contribution in [1.29, 1.82) is 0 Å². The lowest BCUT2D eigenvalue weighted by molar-refractivity contribution is -0.137. The Kier molecular flexibility index (Phi) is 6.79. The molecule has 0 aliphatic carbocycles. The zero-order valence-electron chi connectivity index (χ0n) is 18.1. The Hall–Kier alpha value is -3.83. The van der Waals surface area contributed by atoms with Gasteiger partial charge in [-0.05, 0) is 48.0 Å². The molecule has 0 unspecified atom stereocenters. The van der Waals surface area contributed by atoms with Gasteiger partial charge in [-0.1, -0.05) is 35.9 Å². The van der Waals surface area contributed by atoms with Crippen LogP contribution in [0.2, 0.25) is 5.02 Å². The highest BCUT2D eigenvalue weighted by atomic mass is 35.5. The second-order valence-corrected chi connectivity index (χ2v) is 9.81. The Labute approximate surface area is 208 Å². The fourth-order valence-electron chi connectivity index (χ4n) is 3.32. The summed E-state index contributed by atoms with van der Waals surface area (Å²) in [4.78, 5) is 14.6. The number of anilines is 1. The lowest BCUT2D eigenvalue weighted by Crippen LogP contribution is -2.32. The van der Waals surface area contributed by atoms with Gasteiger partial charge in [0.25, 0.3) is 10.0 Å². The maximum absolute atomic E-state index is 13.5. The molecular formula is C24H16ClF3N2O5S. The topological polar surface area (TPSA) is 101 Å². The highest BCUT2D eigenvalue weighted by molar-refractivity contribution is 7.92. The molecule has 0 radical (unpaired) electrons. The van der Waals surface area contributed by atoms with E-state index in [4.69, 9.17) is 21.1 Å². The van der Waals surface area contributed by atoms with Gasteiger partial charge in [0.15, 0.2) is 5.82 Å². The van der Waals surface area contributed by atoms with Gasteiger partial charge in [-0.3, -0.25) is 0 Å². The number of aromatic carboxylic acids is 1. The van der Waals surface area contributed by atoms with Gasteiger partial charge in [0.1, 0.15) is 5.76 Å². The molecule has 0 aliphatic heterocycles. The maximum atomic E-state index is 13.5. The summed E-state index contributed by atoms with van der Waals surface area (Å²) >= 11 is 6.09. The van der Waals surface area contributed by atoms with Gasteiger partial charge >= 0.3 is 12.1 Å². The molecule has 0 atom stereocenters. The predicted molar refractivity (Wildman–Crippen MR) is 125 cm³/mol. The van der Waals surface area contributed by atoms with Crippen molar-refractivity contribution in [3.63, 3.8) is 0 Å². The number of rotatable bonds is 7. The second kappa shape index (κ2) is 9.67. The Bertz CT molecular complexity index is 1490. The number of pyridine rings is 1. The van der Waals surface area contributed by atoms with E-state index in [0.29, 0.717) is 23.6 Å². The molecule has 1 N–H and O–H groups in total. The first-order valence-electron chi connectivity index (χ1n) is 10.2. The highest BCUT2D eigenvalue weighted by Gasteiger charge is 2.34. The third kappa shape index (κ3) is 5.21.